The molecule has 5 nitrogen and oxygen atoms in total. The van der Waals surface area contributed by atoms with Crippen LogP contribution in [0.5, 0.6) is 0 Å². The Morgan fingerprint density at radius 2 is 2.21 bits per heavy atom. The fourth-order valence-electron chi connectivity index (χ4n) is 0.845. The molecule has 0 aliphatic carbocycles. The molecule has 2 amide bonds. The zero-order chi connectivity index (χ0) is 11.0. The maximum Gasteiger partial charge on any atom is 0.242 e. The van der Waals surface area contributed by atoms with E-state index < -0.39 is 0 Å². The van der Waals surface area contributed by atoms with E-state index in [1.54, 1.807) is 0 Å². The van der Waals surface area contributed by atoms with Gasteiger partial charge in [0, 0.05) is 6.54 Å². The lowest BCUT2D eigenvalue weighted by molar-refractivity contribution is -0.131. The minimum Gasteiger partial charge on any atom is -0.346 e. The van der Waals surface area contributed by atoms with Crippen LogP contribution in [0, 0.1) is 12.3 Å². The third-order valence-corrected chi connectivity index (χ3v) is 1.64. The Bertz CT molecular complexity index is 245. The smallest absolute Gasteiger partial charge is 0.242 e. The van der Waals surface area contributed by atoms with Gasteiger partial charge in [-0.05, 0) is 6.92 Å². The molecule has 0 saturated heterocycles. The summed E-state index contributed by atoms with van der Waals surface area (Å²) >= 11 is 0. The molecule has 5 heteroatoms. The van der Waals surface area contributed by atoms with Crippen molar-refractivity contribution in [2.24, 2.45) is 5.73 Å². The zero-order valence-electron chi connectivity index (χ0n) is 8.25. The van der Waals surface area contributed by atoms with Crippen LogP contribution >= 0.6 is 0 Å². The van der Waals surface area contributed by atoms with Crippen molar-refractivity contribution in [1.29, 1.82) is 0 Å². The van der Waals surface area contributed by atoms with E-state index in [-0.39, 0.29) is 31.4 Å². The molecule has 0 heterocycles. The molecule has 0 atom stereocenters. The Hall–Kier alpha value is -1.54. The number of likely N-dealkylation sites (N-methyl/N-ethyl adjacent to an activating group) is 1. The molecule has 0 unspecified atom stereocenters. The topological polar surface area (TPSA) is 75.4 Å². The molecule has 0 fully saturated rings. The first kappa shape index (κ1) is 12.5. The normalized spacial score (nSPS) is 8.93. The zero-order valence-corrected chi connectivity index (χ0v) is 8.25. The standard InChI is InChI=1S/C9H15N3O2/c1-3-5-12(4-2)9(14)7-11-8(13)6-10/h1H,4-7,10H2,2H3,(H,11,13). The van der Waals surface area contributed by atoms with Crippen molar-refractivity contribution in [3.63, 3.8) is 0 Å². The van der Waals surface area contributed by atoms with Crippen molar-refractivity contribution in [3.8, 4) is 12.3 Å². The number of nitrogens with zero attached hydrogens (tertiary/aromatic N) is 1. The highest BCUT2D eigenvalue weighted by Gasteiger charge is 2.10. The van der Waals surface area contributed by atoms with Crippen LogP contribution in [0.2, 0.25) is 0 Å². The van der Waals surface area contributed by atoms with Crippen LogP contribution in [0.1, 0.15) is 6.92 Å². The minimum absolute atomic E-state index is 0.0500. The van der Waals surface area contributed by atoms with E-state index in [1.165, 1.54) is 4.90 Å². The van der Waals surface area contributed by atoms with Gasteiger partial charge in [0.2, 0.25) is 11.8 Å². The summed E-state index contributed by atoms with van der Waals surface area (Å²) in [5.74, 6) is 1.82. The highest BCUT2D eigenvalue weighted by atomic mass is 16.2. The summed E-state index contributed by atoms with van der Waals surface area (Å²) in [6.45, 7) is 2.44. The number of nitrogens with two attached hydrogens (primary N) is 1. The number of rotatable bonds is 5. The maximum atomic E-state index is 11.4. The number of hydrogen-bond donors (Lipinski definition) is 2. The van der Waals surface area contributed by atoms with Gasteiger partial charge in [-0.1, -0.05) is 5.92 Å². The Balaban J connectivity index is 3.93. The van der Waals surface area contributed by atoms with Crippen molar-refractivity contribution < 1.29 is 9.59 Å². The number of terminal acetylenes is 1. The lowest BCUT2D eigenvalue weighted by atomic mass is 10.4. The molecule has 0 aromatic heterocycles. The van der Waals surface area contributed by atoms with E-state index in [0.29, 0.717) is 6.54 Å². The van der Waals surface area contributed by atoms with Crippen molar-refractivity contribution >= 4 is 11.8 Å². The second-order valence-electron chi connectivity index (χ2n) is 2.59. The van der Waals surface area contributed by atoms with E-state index in [9.17, 15) is 9.59 Å². The van der Waals surface area contributed by atoms with Crippen LogP contribution in [-0.4, -0.2) is 42.9 Å². The fourth-order valence-corrected chi connectivity index (χ4v) is 0.845. The first-order valence-corrected chi connectivity index (χ1v) is 4.33. The third-order valence-electron chi connectivity index (χ3n) is 1.64. The van der Waals surface area contributed by atoms with Gasteiger partial charge in [-0.15, -0.1) is 6.42 Å². The van der Waals surface area contributed by atoms with Crippen LogP contribution in [-0.2, 0) is 9.59 Å². The molecule has 3 N–H and O–H groups in total. The Morgan fingerprint density at radius 3 is 2.64 bits per heavy atom. The monoisotopic (exact) mass is 197 g/mol. The average molecular weight is 197 g/mol. The van der Waals surface area contributed by atoms with Crippen LogP contribution in [0.15, 0.2) is 0 Å². The van der Waals surface area contributed by atoms with E-state index in [4.69, 9.17) is 12.2 Å². The average Bonchev–Trinajstić information content (AvgIpc) is 2.21. The number of amides is 2. The van der Waals surface area contributed by atoms with Gasteiger partial charge in [0.05, 0.1) is 19.6 Å². The molecule has 14 heavy (non-hydrogen) atoms. The molecule has 0 aliphatic rings. The van der Waals surface area contributed by atoms with Crippen LogP contribution in [0.4, 0.5) is 0 Å². The van der Waals surface area contributed by atoms with E-state index in [1.807, 2.05) is 6.92 Å². The van der Waals surface area contributed by atoms with Gasteiger partial charge in [-0.25, -0.2) is 0 Å². The SMILES string of the molecule is C#CCN(CC)C(=O)CNC(=O)CN. The summed E-state index contributed by atoms with van der Waals surface area (Å²) in [6.07, 6.45) is 5.07. The van der Waals surface area contributed by atoms with E-state index in [0.717, 1.165) is 0 Å². The van der Waals surface area contributed by atoms with Gasteiger partial charge < -0.3 is 16.0 Å². The molecule has 0 bridgehead atoms. The summed E-state index contributed by atoms with van der Waals surface area (Å²) in [6, 6.07) is 0. The summed E-state index contributed by atoms with van der Waals surface area (Å²) in [5, 5.41) is 2.38. The maximum absolute atomic E-state index is 11.4. The molecule has 0 rings (SSSR count). The first-order valence-electron chi connectivity index (χ1n) is 4.33. The van der Waals surface area contributed by atoms with Crippen LogP contribution < -0.4 is 11.1 Å². The van der Waals surface area contributed by atoms with Crippen molar-refractivity contribution in [1.82, 2.24) is 10.2 Å². The lowest BCUT2D eigenvalue weighted by Crippen LogP contribution is -2.42. The molecule has 0 saturated carbocycles. The summed E-state index contributed by atoms with van der Waals surface area (Å²) in [7, 11) is 0. The largest absolute Gasteiger partial charge is 0.346 e. The molecule has 0 aliphatic heterocycles. The van der Waals surface area contributed by atoms with E-state index in [2.05, 4.69) is 11.2 Å². The van der Waals surface area contributed by atoms with Crippen LogP contribution in [0.3, 0.4) is 0 Å². The molecule has 78 valence electrons. The molecule has 0 aromatic rings. The number of hydrogen-bond acceptors (Lipinski definition) is 3. The van der Waals surface area contributed by atoms with Crippen molar-refractivity contribution in [2.45, 2.75) is 6.92 Å². The van der Waals surface area contributed by atoms with Gasteiger partial charge in [0.25, 0.3) is 0 Å². The van der Waals surface area contributed by atoms with Gasteiger partial charge in [0.15, 0.2) is 0 Å². The first-order chi connectivity index (χ1) is 6.65. The van der Waals surface area contributed by atoms with Crippen LogP contribution in [0.25, 0.3) is 0 Å². The highest BCUT2D eigenvalue weighted by molar-refractivity contribution is 5.85. The minimum atomic E-state index is -0.352. The van der Waals surface area contributed by atoms with Crippen molar-refractivity contribution in [2.75, 3.05) is 26.2 Å². The highest BCUT2D eigenvalue weighted by Crippen LogP contribution is 1.86. The Morgan fingerprint density at radius 1 is 1.57 bits per heavy atom. The molecular formula is C9H15N3O2. The quantitative estimate of drug-likeness (QED) is 0.529. The molecular weight excluding hydrogens is 182 g/mol. The second kappa shape index (κ2) is 6.92. The van der Waals surface area contributed by atoms with Gasteiger partial charge in [-0.2, -0.15) is 0 Å². The van der Waals surface area contributed by atoms with Gasteiger partial charge in [0.1, 0.15) is 0 Å². The summed E-state index contributed by atoms with van der Waals surface area (Å²) < 4.78 is 0. The fraction of sp³-hybridized carbons (Fsp3) is 0.556. The van der Waals surface area contributed by atoms with Gasteiger partial charge >= 0.3 is 0 Å². The lowest BCUT2D eigenvalue weighted by Gasteiger charge is -2.17. The predicted molar refractivity (Wildman–Crippen MR) is 53.2 cm³/mol. The predicted octanol–water partition coefficient (Wildman–Crippen LogP) is -1.46. The molecule has 0 spiro atoms. The summed E-state index contributed by atoms with van der Waals surface area (Å²) in [4.78, 5) is 23.6. The number of carbonyl (C=O) groups excluding carboxylic acids is 2. The number of nitrogens with one attached hydrogen (secondary N) is 1. The Labute approximate surface area is 83.6 Å². The molecule has 0 aromatic carbocycles. The Kier molecular flexibility index (Phi) is 6.16. The van der Waals surface area contributed by atoms with E-state index >= 15 is 0 Å². The van der Waals surface area contributed by atoms with Crippen molar-refractivity contribution in [3.05, 3.63) is 0 Å². The second-order valence-corrected chi connectivity index (χ2v) is 2.59. The summed E-state index contributed by atoms with van der Waals surface area (Å²) in [5.41, 5.74) is 5.06. The molecule has 0 radical (unpaired) electrons. The van der Waals surface area contributed by atoms with Gasteiger partial charge in [-0.3, -0.25) is 9.59 Å². The third kappa shape index (κ3) is 4.48. The number of carbonyl (C=O) groups is 2.